The Kier molecular flexibility index (Phi) is 3.49. The molecule has 5 nitrogen and oxygen atoms in total. The predicted molar refractivity (Wildman–Crippen MR) is 60.2 cm³/mol. The zero-order valence-corrected chi connectivity index (χ0v) is 10.7. The van der Waals surface area contributed by atoms with Gasteiger partial charge in [0.15, 0.2) is 9.84 Å². The van der Waals surface area contributed by atoms with E-state index in [1.165, 1.54) is 0 Å². The fourth-order valence-electron chi connectivity index (χ4n) is 1.67. The van der Waals surface area contributed by atoms with Crippen LogP contribution in [0.25, 0.3) is 0 Å². The van der Waals surface area contributed by atoms with Gasteiger partial charge in [-0.2, -0.15) is 13.2 Å². The largest absolute Gasteiger partial charge is 0.445 e. The van der Waals surface area contributed by atoms with Crippen molar-refractivity contribution in [1.29, 1.82) is 0 Å². The molecule has 10 heteroatoms. The Bertz CT molecular complexity index is 526. The number of rotatable bonds is 3. The maximum atomic E-state index is 12.2. The van der Waals surface area contributed by atoms with Gasteiger partial charge in [0, 0.05) is 6.54 Å². The van der Waals surface area contributed by atoms with Gasteiger partial charge in [-0.1, -0.05) is 11.3 Å². The molecule has 1 fully saturated rings. The highest BCUT2D eigenvalue weighted by molar-refractivity contribution is 7.91. The van der Waals surface area contributed by atoms with Crippen LogP contribution in [-0.2, 0) is 16.0 Å². The fourth-order valence-corrected chi connectivity index (χ4v) is 4.15. The molecule has 2 heterocycles. The van der Waals surface area contributed by atoms with Crippen molar-refractivity contribution < 1.29 is 21.6 Å². The SMILES string of the molecule is O=S1(=O)CCC(CNc2nnc(C(F)(F)F)s2)C1. The summed E-state index contributed by atoms with van der Waals surface area (Å²) in [6.45, 7) is 0.297. The molecule has 1 saturated heterocycles. The number of hydrogen-bond donors (Lipinski definition) is 1. The first kappa shape index (κ1) is 13.5. The minimum absolute atomic E-state index is 0.0617. The summed E-state index contributed by atoms with van der Waals surface area (Å²) in [7, 11) is -2.97. The quantitative estimate of drug-likeness (QED) is 0.914. The topological polar surface area (TPSA) is 72.0 Å². The number of hydrogen-bond acceptors (Lipinski definition) is 6. The van der Waals surface area contributed by atoms with Gasteiger partial charge in [-0.3, -0.25) is 0 Å². The van der Waals surface area contributed by atoms with Gasteiger partial charge in [-0.25, -0.2) is 8.42 Å². The zero-order valence-electron chi connectivity index (χ0n) is 9.07. The lowest BCUT2D eigenvalue weighted by Gasteiger charge is -2.07. The summed E-state index contributed by atoms with van der Waals surface area (Å²) in [5.41, 5.74) is 0. The number of aromatic nitrogens is 2. The Balaban J connectivity index is 1.90. The molecular weight excluding hydrogens is 291 g/mol. The molecule has 1 aromatic rings. The van der Waals surface area contributed by atoms with E-state index >= 15 is 0 Å². The Labute approximate surface area is 105 Å². The van der Waals surface area contributed by atoms with Crippen LogP contribution in [0, 0.1) is 5.92 Å². The fraction of sp³-hybridized carbons (Fsp3) is 0.750. The number of sulfone groups is 1. The standard InChI is InChI=1S/C8H10F3N3O2S2/c9-8(10,11)6-13-14-7(17-6)12-3-5-1-2-18(15,16)4-5/h5H,1-4H2,(H,12,14). The summed E-state index contributed by atoms with van der Waals surface area (Å²) in [5.74, 6) is 0.141. The maximum Gasteiger partial charge on any atom is 0.445 e. The first-order valence-electron chi connectivity index (χ1n) is 5.11. The molecule has 0 amide bonds. The van der Waals surface area contributed by atoms with E-state index < -0.39 is 21.0 Å². The molecule has 1 unspecified atom stereocenters. The predicted octanol–water partition coefficient (Wildman–Crippen LogP) is 1.40. The Morgan fingerprint density at radius 2 is 2.11 bits per heavy atom. The van der Waals surface area contributed by atoms with Gasteiger partial charge < -0.3 is 5.32 Å². The van der Waals surface area contributed by atoms with Crippen molar-refractivity contribution in [2.45, 2.75) is 12.6 Å². The van der Waals surface area contributed by atoms with E-state index in [-0.39, 0.29) is 22.6 Å². The molecule has 1 atom stereocenters. The molecule has 2 rings (SSSR count). The molecule has 18 heavy (non-hydrogen) atoms. The normalized spacial score (nSPS) is 23.2. The van der Waals surface area contributed by atoms with Gasteiger partial charge in [0.05, 0.1) is 11.5 Å². The van der Waals surface area contributed by atoms with Gasteiger partial charge in [0.2, 0.25) is 10.1 Å². The van der Waals surface area contributed by atoms with E-state index in [2.05, 4.69) is 15.5 Å². The molecule has 0 spiro atoms. The van der Waals surface area contributed by atoms with Gasteiger partial charge >= 0.3 is 6.18 Å². The van der Waals surface area contributed by atoms with Crippen LogP contribution in [0.4, 0.5) is 18.3 Å². The van der Waals surface area contributed by atoms with Crippen molar-refractivity contribution >= 4 is 26.3 Å². The average Bonchev–Trinajstić information content (AvgIpc) is 2.80. The molecule has 1 aromatic heterocycles. The van der Waals surface area contributed by atoms with Crippen LogP contribution in [0.5, 0.6) is 0 Å². The average molecular weight is 301 g/mol. The Hall–Kier alpha value is -0.900. The third-order valence-electron chi connectivity index (χ3n) is 2.54. The van der Waals surface area contributed by atoms with E-state index in [1.807, 2.05) is 0 Å². The Morgan fingerprint density at radius 1 is 1.39 bits per heavy atom. The lowest BCUT2D eigenvalue weighted by atomic mass is 10.1. The summed E-state index contributed by atoms with van der Waals surface area (Å²) in [6, 6.07) is 0. The van der Waals surface area contributed by atoms with E-state index in [4.69, 9.17) is 0 Å². The lowest BCUT2D eigenvalue weighted by molar-refractivity contribution is -0.138. The number of anilines is 1. The number of nitrogens with zero attached hydrogens (tertiary/aromatic N) is 2. The van der Waals surface area contributed by atoms with E-state index in [0.29, 0.717) is 24.3 Å². The van der Waals surface area contributed by atoms with Crippen LogP contribution < -0.4 is 5.32 Å². The summed E-state index contributed by atoms with van der Waals surface area (Å²) in [5, 5.41) is 8.14. The summed E-state index contributed by atoms with van der Waals surface area (Å²) in [6.07, 6.45) is -3.96. The summed E-state index contributed by atoms with van der Waals surface area (Å²) in [4.78, 5) is 0. The van der Waals surface area contributed by atoms with Gasteiger partial charge in [0.25, 0.3) is 0 Å². The minimum Gasteiger partial charge on any atom is -0.360 e. The van der Waals surface area contributed by atoms with E-state index in [0.717, 1.165) is 0 Å². The van der Waals surface area contributed by atoms with Crippen LogP contribution in [0.1, 0.15) is 11.4 Å². The van der Waals surface area contributed by atoms with Crippen LogP contribution in [0.3, 0.4) is 0 Å². The van der Waals surface area contributed by atoms with Crippen LogP contribution in [-0.4, -0.2) is 36.7 Å². The zero-order chi connectivity index (χ0) is 13.4. The Morgan fingerprint density at radius 3 is 2.61 bits per heavy atom. The van der Waals surface area contributed by atoms with Crippen LogP contribution >= 0.6 is 11.3 Å². The third-order valence-corrected chi connectivity index (χ3v) is 5.30. The molecule has 0 radical (unpaired) electrons. The highest BCUT2D eigenvalue weighted by Gasteiger charge is 2.35. The second-order valence-electron chi connectivity index (χ2n) is 4.06. The molecule has 102 valence electrons. The molecule has 1 N–H and O–H groups in total. The first-order valence-corrected chi connectivity index (χ1v) is 7.75. The van der Waals surface area contributed by atoms with Crippen molar-refractivity contribution in [2.24, 2.45) is 5.92 Å². The summed E-state index contributed by atoms with van der Waals surface area (Å²) >= 11 is 0.415. The molecule has 1 aliphatic heterocycles. The molecule has 0 aliphatic carbocycles. The second kappa shape index (κ2) is 4.65. The van der Waals surface area contributed by atoms with Crippen molar-refractivity contribution in [3.8, 4) is 0 Å². The van der Waals surface area contributed by atoms with Gasteiger partial charge in [-0.15, -0.1) is 10.2 Å². The molecule has 0 saturated carbocycles. The van der Waals surface area contributed by atoms with E-state index in [1.54, 1.807) is 0 Å². The van der Waals surface area contributed by atoms with Crippen LogP contribution in [0.15, 0.2) is 0 Å². The summed E-state index contributed by atoms with van der Waals surface area (Å²) < 4.78 is 59.1. The first-order chi connectivity index (χ1) is 8.26. The number of nitrogens with one attached hydrogen (secondary N) is 1. The minimum atomic E-state index is -4.49. The van der Waals surface area contributed by atoms with Crippen molar-refractivity contribution in [3.05, 3.63) is 5.01 Å². The monoisotopic (exact) mass is 301 g/mol. The molecule has 0 bridgehead atoms. The van der Waals surface area contributed by atoms with E-state index in [9.17, 15) is 21.6 Å². The number of alkyl halides is 3. The van der Waals surface area contributed by atoms with Crippen molar-refractivity contribution in [2.75, 3.05) is 23.4 Å². The molecular formula is C8H10F3N3O2S2. The van der Waals surface area contributed by atoms with Crippen LogP contribution in [0.2, 0.25) is 0 Å². The maximum absolute atomic E-state index is 12.2. The van der Waals surface area contributed by atoms with Gasteiger partial charge in [-0.05, 0) is 12.3 Å². The molecule has 0 aromatic carbocycles. The van der Waals surface area contributed by atoms with Crippen molar-refractivity contribution in [3.63, 3.8) is 0 Å². The smallest absolute Gasteiger partial charge is 0.360 e. The third kappa shape index (κ3) is 3.31. The molecule has 1 aliphatic rings. The van der Waals surface area contributed by atoms with Crippen molar-refractivity contribution in [1.82, 2.24) is 10.2 Å². The second-order valence-corrected chi connectivity index (χ2v) is 7.27. The highest BCUT2D eigenvalue weighted by atomic mass is 32.2. The lowest BCUT2D eigenvalue weighted by Crippen LogP contribution is -2.15. The van der Waals surface area contributed by atoms with Gasteiger partial charge in [0.1, 0.15) is 0 Å². The number of halogens is 3. The highest BCUT2D eigenvalue weighted by Crippen LogP contribution is 2.33.